The van der Waals surface area contributed by atoms with Crippen molar-refractivity contribution >= 4 is 11.6 Å². The van der Waals surface area contributed by atoms with Gasteiger partial charge in [0.15, 0.2) is 0 Å². The van der Waals surface area contributed by atoms with Crippen molar-refractivity contribution in [2.24, 2.45) is 7.05 Å². The van der Waals surface area contributed by atoms with E-state index in [-0.39, 0.29) is 0 Å². The number of hydrogen-bond donors (Lipinski definition) is 1. The molecule has 1 atom stereocenters. The Hall–Kier alpha value is -1.52. The van der Waals surface area contributed by atoms with Crippen molar-refractivity contribution in [3.63, 3.8) is 0 Å². The van der Waals surface area contributed by atoms with Gasteiger partial charge in [-0.3, -0.25) is 4.68 Å². The van der Waals surface area contributed by atoms with Crippen molar-refractivity contribution in [2.75, 3.05) is 7.11 Å². The third-order valence-corrected chi connectivity index (χ3v) is 2.88. The molecule has 0 saturated heterocycles. The summed E-state index contributed by atoms with van der Waals surface area (Å²) in [5.74, 6) is 0.564. The number of benzene rings is 1. The van der Waals surface area contributed by atoms with E-state index in [1.807, 2.05) is 0 Å². The van der Waals surface area contributed by atoms with Crippen LogP contribution in [0.3, 0.4) is 0 Å². The van der Waals surface area contributed by atoms with Gasteiger partial charge < -0.3 is 9.84 Å². The monoisotopic (exact) mass is 252 g/mol. The highest BCUT2D eigenvalue weighted by Crippen LogP contribution is 2.35. The summed E-state index contributed by atoms with van der Waals surface area (Å²) in [4.78, 5) is 0. The molecule has 0 spiro atoms. The second-order valence-electron chi connectivity index (χ2n) is 3.71. The van der Waals surface area contributed by atoms with Gasteiger partial charge in [0.2, 0.25) is 0 Å². The van der Waals surface area contributed by atoms with E-state index >= 15 is 0 Å². The number of aryl methyl sites for hydroxylation is 1. The lowest BCUT2D eigenvalue weighted by atomic mass is 10.0. The Morgan fingerprint density at radius 2 is 2.24 bits per heavy atom. The van der Waals surface area contributed by atoms with Gasteiger partial charge in [0.25, 0.3) is 0 Å². The number of aliphatic hydroxyl groups is 1. The molecule has 2 aromatic rings. The van der Waals surface area contributed by atoms with E-state index in [0.29, 0.717) is 21.9 Å². The summed E-state index contributed by atoms with van der Waals surface area (Å²) in [5.41, 5.74) is 1.24. The molecule has 1 aromatic carbocycles. The lowest BCUT2D eigenvalue weighted by molar-refractivity contribution is 0.215. The number of hydrogen-bond acceptors (Lipinski definition) is 3. The minimum absolute atomic E-state index is 0.473. The first-order chi connectivity index (χ1) is 8.13. The first-order valence-electron chi connectivity index (χ1n) is 5.12. The summed E-state index contributed by atoms with van der Waals surface area (Å²) in [6.45, 7) is 0. The Balaban J connectivity index is 2.46. The summed E-state index contributed by atoms with van der Waals surface area (Å²) < 4.78 is 6.83. The van der Waals surface area contributed by atoms with Gasteiger partial charge in [-0.25, -0.2) is 0 Å². The molecule has 1 aromatic heterocycles. The summed E-state index contributed by atoms with van der Waals surface area (Å²) in [7, 11) is 3.34. The average Bonchev–Trinajstić information content (AvgIpc) is 2.74. The van der Waals surface area contributed by atoms with Gasteiger partial charge in [0.1, 0.15) is 11.9 Å². The van der Waals surface area contributed by atoms with E-state index in [9.17, 15) is 5.11 Å². The largest absolute Gasteiger partial charge is 0.496 e. The zero-order valence-electron chi connectivity index (χ0n) is 9.59. The van der Waals surface area contributed by atoms with Crippen LogP contribution in [0.5, 0.6) is 5.75 Å². The molecule has 4 nitrogen and oxygen atoms in total. The van der Waals surface area contributed by atoms with Gasteiger partial charge in [0.05, 0.1) is 18.3 Å². The third-order valence-electron chi connectivity index (χ3n) is 2.55. The van der Waals surface area contributed by atoms with Crippen molar-refractivity contribution < 1.29 is 9.84 Å². The maximum absolute atomic E-state index is 10.3. The van der Waals surface area contributed by atoms with Crippen molar-refractivity contribution in [3.8, 4) is 5.75 Å². The topological polar surface area (TPSA) is 47.3 Å². The molecule has 0 aliphatic rings. The summed E-state index contributed by atoms with van der Waals surface area (Å²) in [5, 5.41) is 14.8. The molecule has 1 unspecified atom stereocenters. The molecule has 90 valence electrons. The molecule has 0 saturated carbocycles. The fourth-order valence-electron chi connectivity index (χ4n) is 1.71. The standard InChI is InChI=1S/C12H13ClN2O2/c1-15-7-8(6-14-15)12(16)11-9(13)4-3-5-10(11)17-2/h3-7,12,16H,1-2H3. The first kappa shape index (κ1) is 12.0. The molecule has 0 radical (unpaired) electrons. The van der Waals surface area contributed by atoms with Crippen molar-refractivity contribution in [1.82, 2.24) is 9.78 Å². The van der Waals surface area contributed by atoms with Crippen LogP contribution in [0.2, 0.25) is 5.02 Å². The van der Waals surface area contributed by atoms with Crippen LogP contribution in [0.4, 0.5) is 0 Å². The number of aromatic nitrogens is 2. The number of nitrogens with zero attached hydrogens (tertiary/aromatic N) is 2. The number of ether oxygens (including phenoxy) is 1. The zero-order chi connectivity index (χ0) is 12.4. The van der Waals surface area contributed by atoms with Crippen molar-refractivity contribution in [2.45, 2.75) is 6.10 Å². The molecule has 1 N–H and O–H groups in total. The van der Waals surface area contributed by atoms with E-state index < -0.39 is 6.10 Å². The lowest BCUT2D eigenvalue weighted by Crippen LogP contribution is -2.02. The van der Waals surface area contributed by atoms with E-state index in [1.54, 1.807) is 49.4 Å². The maximum atomic E-state index is 10.3. The molecule has 0 aliphatic carbocycles. The molecule has 0 fully saturated rings. The van der Waals surface area contributed by atoms with E-state index in [2.05, 4.69) is 5.10 Å². The minimum atomic E-state index is -0.840. The molecule has 5 heteroatoms. The second-order valence-corrected chi connectivity index (χ2v) is 4.11. The van der Waals surface area contributed by atoms with Crippen LogP contribution in [0, 0.1) is 0 Å². The van der Waals surface area contributed by atoms with Gasteiger partial charge in [-0.2, -0.15) is 5.10 Å². The normalized spacial score (nSPS) is 12.5. The minimum Gasteiger partial charge on any atom is -0.496 e. The molecule has 0 aliphatic heterocycles. The Morgan fingerprint density at radius 3 is 2.82 bits per heavy atom. The highest BCUT2D eigenvalue weighted by Gasteiger charge is 2.19. The van der Waals surface area contributed by atoms with Gasteiger partial charge >= 0.3 is 0 Å². The Labute approximate surface area is 104 Å². The fourth-order valence-corrected chi connectivity index (χ4v) is 1.98. The second kappa shape index (κ2) is 4.77. The van der Waals surface area contributed by atoms with E-state index in [1.165, 1.54) is 0 Å². The van der Waals surface area contributed by atoms with Gasteiger partial charge in [0, 0.05) is 24.4 Å². The number of rotatable bonds is 3. The summed E-state index contributed by atoms with van der Waals surface area (Å²) >= 11 is 6.09. The summed E-state index contributed by atoms with van der Waals surface area (Å²) in [6.07, 6.45) is 2.51. The third kappa shape index (κ3) is 2.28. The predicted molar refractivity (Wildman–Crippen MR) is 65.3 cm³/mol. The van der Waals surface area contributed by atoms with Gasteiger partial charge in [-0.1, -0.05) is 17.7 Å². The molecule has 0 amide bonds. The molecular weight excluding hydrogens is 240 g/mol. The lowest BCUT2D eigenvalue weighted by Gasteiger charge is -2.14. The van der Waals surface area contributed by atoms with Crippen LogP contribution in [-0.4, -0.2) is 22.0 Å². The van der Waals surface area contributed by atoms with Crippen LogP contribution in [0.1, 0.15) is 17.2 Å². The Morgan fingerprint density at radius 1 is 1.47 bits per heavy atom. The number of methoxy groups -OCH3 is 1. The Kier molecular flexibility index (Phi) is 3.36. The van der Waals surface area contributed by atoms with Crippen LogP contribution < -0.4 is 4.74 Å². The van der Waals surface area contributed by atoms with Crippen LogP contribution in [0.15, 0.2) is 30.6 Å². The van der Waals surface area contributed by atoms with E-state index in [0.717, 1.165) is 0 Å². The van der Waals surface area contributed by atoms with Crippen molar-refractivity contribution in [3.05, 3.63) is 46.7 Å². The fraction of sp³-hybridized carbons (Fsp3) is 0.250. The molecule has 2 rings (SSSR count). The Bertz CT molecular complexity index is 525. The highest BCUT2D eigenvalue weighted by molar-refractivity contribution is 6.31. The number of halogens is 1. The van der Waals surface area contributed by atoms with Crippen LogP contribution >= 0.6 is 11.6 Å². The highest BCUT2D eigenvalue weighted by atomic mass is 35.5. The van der Waals surface area contributed by atoms with E-state index in [4.69, 9.17) is 16.3 Å². The SMILES string of the molecule is COc1cccc(Cl)c1C(O)c1cnn(C)c1. The van der Waals surface area contributed by atoms with Crippen LogP contribution in [0.25, 0.3) is 0 Å². The zero-order valence-corrected chi connectivity index (χ0v) is 10.3. The molecule has 17 heavy (non-hydrogen) atoms. The molecular formula is C12H13ClN2O2. The molecule has 0 bridgehead atoms. The van der Waals surface area contributed by atoms with Crippen LogP contribution in [-0.2, 0) is 7.05 Å². The summed E-state index contributed by atoms with van der Waals surface area (Å²) in [6, 6.07) is 5.26. The first-order valence-corrected chi connectivity index (χ1v) is 5.50. The smallest absolute Gasteiger partial charge is 0.126 e. The van der Waals surface area contributed by atoms with Gasteiger partial charge in [-0.15, -0.1) is 0 Å². The number of aliphatic hydroxyl groups excluding tert-OH is 1. The average molecular weight is 253 g/mol. The van der Waals surface area contributed by atoms with Gasteiger partial charge in [-0.05, 0) is 12.1 Å². The van der Waals surface area contributed by atoms with Crippen molar-refractivity contribution in [1.29, 1.82) is 0 Å². The molecule has 1 heterocycles. The predicted octanol–water partition coefficient (Wildman–Crippen LogP) is 2.16. The maximum Gasteiger partial charge on any atom is 0.126 e. The quantitative estimate of drug-likeness (QED) is 0.911.